The molecule has 5 nitrogen and oxygen atoms in total. The summed E-state index contributed by atoms with van der Waals surface area (Å²) in [6.07, 6.45) is 0.861. The zero-order valence-corrected chi connectivity index (χ0v) is 15.9. The Hall–Kier alpha value is -3.12. The summed E-state index contributed by atoms with van der Waals surface area (Å²) in [5.74, 6) is 0.320. The van der Waals surface area contributed by atoms with E-state index >= 15 is 0 Å². The normalized spacial score (nSPS) is 17.9. The predicted molar refractivity (Wildman–Crippen MR) is 108 cm³/mol. The lowest BCUT2D eigenvalue weighted by atomic mass is 9.92. The van der Waals surface area contributed by atoms with Crippen LogP contribution < -0.4 is 10.1 Å². The molecule has 0 aliphatic carbocycles. The highest BCUT2D eigenvalue weighted by Crippen LogP contribution is 2.39. The Morgan fingerprint density at radius 1 is 1.14 bits per heavy atom. The minimum Gasteiger partial charge on any atom is -0.482 e. The van der Waals surface area contributed by atoms with Crippen LogP contribution in [0.1, 0.15) is 32.4 Å². The lowest BCUT2D eigenvalue weighted by Gasteiger charge is -2.36. The van der Waals surface area contributed by atoms with E-state index in [9.17, 15) is 9.59 Å². The van der Waals surface area contributed by atoms with Crippen LogP contribution in [0.2, 0.25) is 0 Å². The molecule has 0 fully saturated rings. The molecule has 6 heteroatoms. The lowest BCUT2D eigenvalue weighted by molar-refractivity contribution is -0.118. The van der Waals surface area contributed by atoms with Crippen LogP contribution in [0, 0.1) is 0 Å². The summed E-state index contributed by atoms with van der Waals surface area (Å²) in [5.41, 5.74) is 3.48. The molecule has 2 amide bonds. The second-order valence-electron chi connectivity index (χ2n) is 6.91. The van der Waals surface area contributed by atoms with Gasteiger partial charge < -0.3 is 15.0 Å². The third-order valence-electron chi connectivity index (χ3n) is 5.20. The topological polar surface area (TPSA) is 58.6 Å². The Kier molecular flexibility index (Phi) is 4.13. The standard InChI is InChI=1S/C22H18N2O3S/c25-20-13-27-18-12-15(6-7-17(18)23-20)22(26)24-10-8-19-16(9-11-28-19)21(24)14-4-2-1-3-5-14/h1-7,9,11-12,21H,8,10,13H2,(H,23,25). The van der Waals surface area contributed by atoms with E-state index in [1.807, 2.05) is 23.1 Å². The smallest absolute Gasteiger partial charge is 0.262 e. The number of rotatable bonds is 2. The van der Waals surface area contributed by atoms with Crippen molar-refractivity contribution < 1.29 is 14.3 Å². The van der Waals surface area contributed by atoms with Crippen molar-refractivity contribution >= 4 is 28.8 Å². The number of hydrogen-bond donors (Lipinski definition) is 1. The molecule has 0 bridgehead atoms. The quantitative estimate of drug-likeness (QED) is 0.723. The maximum Gasteiger partial charge on any atom is 0.262 e. The van der Waals surface area contributed by atoms with E-state index in [0.717, 1.165) is 12.0 Å². The largest absolute Gasteiger partial charge is 0.482 e. The first kappa shape index (κ1) is 17.0. The number of nitrogens with zero attached hydrogens (tertiary/aromatic N) is 1. The van der Waals surface area contributed by atoms with Crippen LogP contribution in [0.5, 0.6) is 5.75 Å². The van der Waals surface area contributed by atoms with Gasteiger partial charge in [0.1, 0.15) is 5.75 Å². The Labute approximate surface area is 166 Å². The van der Waals surface area contributed by atoms with E-state index in [2.05, 4.69) is 28.9 Å². The van der Waals surface area contributed by atoms with Crippen LogP contribution in [0.3, 0.4) is 0 Å². The third-order valence-corrected chi connectivity index (χ3v) is 6.20. The summed E-state index contributed by atoms with van der Waals surface area (Å²) >= 11 is 1.75. The molecular formula is C22H18N2O3S. The summed E-state index contributed by atoms with van der Waals surface area (Å²) in [6.45, 7) is 0.639. The highest BCUT2D eigenvalue weighted by atomic mass is 32.1. The van der Waals surface area contributed by atoms with Crippen LogP contribution in [0.15, 0.2) is 60.0 Å². The fourth-order valence-corrected chi connectivity index (χ4v) is 4.81. The molecule has 3 aromatic rings. The van der Waals surface area contributed by atoms with Gasteiger partial charge in [-0.05, 0) is 47.2 Å². The molecule has 1 unspecified atom stereocenters. The van der Waals surface area contributed by atoms with Gasteiger partial charge in [0, 0.05) is 17.0 Å². The Morgan fingerprint density at radius 2 is 2.00 bits per heavy atom. The van der Waals surface area contributed by atoms with Crippen molar-refractivity contribution in [2.75, 3.05) is 18.5 Å². The van der Waals surface area contributed by atoms with Gasteiger partial charge in [-0.15, -0.1) is 11.3 Å². The number of carbonyl (C=O) groups excluding carboxylic acids is 2. The molecule has 2 aliphatic rings. The Morgan fingerprint density at radius 3 is 2.86 bits per heavy atom. The van der Waals surface area contributed by atoms with Crippen molar-refractivity contribution in [1.82, 2.24) is 4.90 Å². The summed E-state index contributed by atoms with van der Waals surface area (Å²) in [5, 5.41) is 4.86. The number of amides is 2. The first-order chi connectivity index (χ1) is 13.7. The molecule has 2 aliphatic heterocycles. The summed E-state index contributed by atoms with van der Waals surface area (Å²) in [4.78, 5) is 28.2. The van der Waals surface area contributed by atoms with Crippen LogP contribution in [-0.4, -0.2) is 29.9 Å². The molecule has 3 heterocycles. The van der Waals surface area contributed by atoms with Crippen molar-refractivity contribution in [2.45, 2.75) is 12.5 Å². The minimum atomic E-state index is -0.184. The number of anilines is 1. The highest BCUT2D eigenvalue weighted by molar-refractivity contribution is 7.10. The summed E-state index contributed by atoms with van der Waals surface area (Å²) < 4.78 is 5.49. The maximum atomic E-state index is 13.5. The van der Waals surface area contributed by atoms with Gasteiger partial charge in [0.25, 0.3) is 11.8 Å². The van der Waals surface area contributed by atoms with Crippen molar-refractivity contribution in [3.05, 3.63) is 81.5 Å². The zero-order valence-electron chi connectivity index (χ0n) is 15.1. The monoisotopic (exact) mass is 390 g/mol. The van der Waals surface area contributed by atoms with E-state index in [-0.39, 0.29) is 24.5 Å². The molecule has 1 atom stereocenters. The van der Waals surface area contributed by atoms with Crippen LogP contribution in [0.25, 0.3) is 0 Å². The van der Waals surface area contributed by atoms with Gasteiger partial charge in [-0.2, -0.15) is 0 Å². The molecule has 1 aromatic heterocycles. The molecule has 1 N–H and O–H groups in total. The molecule has 0 spiro atoms. The van der Waals surface area contributed by atoms with Gasteiger partial charge in [-0.1, -0.05) is 30.3 Å². The molecule has 0 saturated heterocycles. The van der Waals surface area contributed by atoms with Crippen LogP contribution in [-0.2, 0) is 11.2 Å². The van der Waals surface area contributed by atoms with Crippen LogP contribution >= 0.6 is 11.3 Å². The average Bonchev–Trinajstić information content (AvgIpc) is 3.21. The van der Waals surface area contributed by atoms with Gasteiger partial charge in [-0.25, -0.2) is 0 Å². The van der Waals surface area contributed by atoms with E-state index in [1.54, 1.807) is 29.5 Å². The molecule has 28 heavy (non-hydrogen) atoms. The number of nitrogens with one attached hydrogen (secondary N) is 1. The molecule has 0 radical (unpaired) electrons. The second-order valence-corrected chi connectivity index (χ2v) is 7.91. The third kappa shape index (κ3) is 2.86. The van der Waals surface area contributed by atoms with Gasteiger partial charge in [-0.3, -0.25) is 9.59 Å². The average molecular weight is 390 g/mol. The Balaban J connectivity index is 1.52. The fraction of sp³-hybridized carbons (Fsp3) is 0.182. The van der Waals surface area contributed by atoms with Gasteiger partial charge in [0.05, 0.1) is 11.7 Å². The van der Waals surface area contributed by atoms with Gasteiger partial charge in [0.2, 0.25) is 0 Å². The maximum absolute atomic E-state index is 13.5. The number of ether oxygens (including phenoxy) is 1. The molecule has 0 saturated carbocycles. The lowest BCUT2D eigenvalue weighted by Crippen LogP contribution is -2.40. The molecule has 5 rings (SSSR count). The highest BCUT2D eigenvalue weighted by Gasteiger charge is 2.33. The van der Waals surface area contributed by atoms with Crippen LogP contribution in [0.4, 0.5) is 5.69 Å². The Bertz CT molecular complexity index is 1060. The van der Waals surface area contributed by atoms with Crippen molar-refractivity contribution in [3.8, 4) is 5.75 Å². The number of carbonyl (C=O) groups is 2. The van der Waals surface area contributed by atoms with E-state index in [0.29, 0.717) is 23.5 Å². The van der Waals surface area contributed by atoms with Gasteiger partial charge >= 0.3 is 0 Å². The number of hydrogen-bond acceptors (Lipinski definition) is 4. The van der Waals surface area contributed by atoms with E-state index < -0.39 is 0 Å². The molecular weight excluding hydrogens is 372 g/mol. The van der Waals surface area contributed by atoms with E-state index in [1.165, 1.54) is 10.4 Å². The minimum absolute atomic E-state index is 0.0285. The summed E-state index contributed by atoms with van der Waals surface area (Å²) in [6, 6.07) is 17.4. The number of thiophene rings is 1. The van der Waals surface area contributed by atoms with Crippen molar-refractivity contribution in [1.29, 1.82) is 0 Å². The molecule has 140 valence electrons. The molecule has 2 aromatic carbocycles. The first-order valence-corrected chi connectivity index (χ1v) is 10.1. The second kappa shape index (κ2) is 6.80. The van der Waals surface area contributed by atoms with Crippen molar-refractivity contribution in [3.63, 3.8) is 0 Å². The van der Waals surface area contributed by atoms with E-state index in [4.69, 9.17) is 4.74 Å². The van der Waals surface area contributed by atoms with Crippen molar-refractivity contribution in [2.24, 2.45) is 0 Å². The number of benzene rings is 2. The number of fused-ring (bicyclic) bond motifs is 2. The van der Waals surface area contributed by atoms with Gasteiger partial charge in [0.15, 0.2) is 6.61 Å². The first-order valence-electron chi connectivity index (χ1n) is 9.19. The predicted octanol–water partition coefficient (Wildman–Crippen LogP) is 3.87. The zero-order chi connectivity index (χ0) is 19.1. The SMILES string of the molecule is O=C1COc2cc(C(=O)N3CCc4sccc4C3c3ccccc3)ccc2N1. The fourth-order valence-electron chi connectivity index (χ4n) is 3.90. The summed E-state index contributed by atoms with van der Waals surface area (Å²) in [7, 11) is 0.